The van der Waals surface area contributed by atoms with Gasteiger partial charge in [-0.25, -0.2) is 8.42 Å². The van der Waals surface area contributed by atoms with Crippen LogP contribution < -0.4 is 9.46 Å². The summed E-state index contributed by atoms with van der Waals surface area (Å²) < 4.78 is 30.5. The number of fused-ring (bicyclic) bond motifs is 1. The second-order valence-corrected chi connectivity index (χ2v) is 5.84. The lowest BCUT2D eigenvalue weighted by molar-refractivity contribution is 0.294. The molecule has 0 aliphatic carbocycles. The van der Waals surface area contributed by atoms with E-state index in [2.05, 4.69) is 14.7 Å². The standard InChI is InChI=1S/C12H15N3O3S/c1-3-8-18-12-13-10-7-5-4-6-9(10)11(14-12)15-19(2,16)17/h4-7H,3,8H2,1-2H3,(H,13,14,15). The van der Waals surface area contributed by atoms with Gasteiger partial charge in [0.25, 0.3) is 0 Å². The molecule has 7 heteroatoms. The molecule has 0 aliphatic rings. The van der Waals surface area contributed by atoms with E-state index in [-0.39, 0.29) is 11.8 Å². The molecule has 0 saturated carbocycles. The lowest BCUT2D eigenvalue weighted by Crippen LogP contribution is -2.12. The SMILES string of the molecule is CCCOc1nc(NS(C)(=O)=O)c2ccccc2n1. The number of para-hydroxylation sites is 1. The predicted octanol–water partition coefficient (Wildman–Crippen LogP) is 1.79. The van der Waals surface area contributed by atoms with Crippen LogP contribution in [-0.4, -0.2) is 31.2 Å². The fourth-order valence-corrected chi connectivity index (χ4v) is 2.07. The van der Waals surface area contributed by atoms with Crippen molar-refractivity contribution in [2.45, 2.75) is 13.3 Å². The maximum absolute atomic E-state index is 11.4. The van der Waals surface area contributed by atoms with Crippen LogP contribution in [0.4, 0.5) is 5.82 Å². The third kappa shape index (κ3) is 3.54. The quantitative estimate of drug-likeness (QED) is 0.903. The fourth-order valence-electron chi connectivity index (χ4n) is 1.57. The molecule has 102 valence electrons. The van der Waals surface area contributed by atoms with Gasteiger partial charge in [0, 0.05) is 5.39 Å². The maximum Gasteiger partial charge on any atom is 0.318 e. The first-order chi connectivity index (χ1) is 8.99. The third-order valence-corrected chi connectivity index (χ3v) is 2.86. The zero-order chi connectivity index (χ0) is 13.9. The molecule has 0 radical (unpaired) electrons. The highest BCUT2D eigenvalue weighted by Gasteiger charge is 2.11. The first-order valence-corrected chi connectivity index (χ1v) is 7.76. The largest absolute Gasteiger partial charge is 0.463 e. The summed E-state index contributed by atoms with van der Waals surface area (Å²) in [5.41, 5.74) is 0.634. The number of sulfonamides is 1. The summed E-state index contributed by atoms with van der Waals surface area (Å²) in [5.74, 6) is 0.235. The summed E-state index contributed by atoms with van der Waals surface area (Å²) in [6, 6.07) is 7.33. The zero-order valence-corrected chi connectivity index (χ0v) is 11.6. The van der Waals surface area contributed by atoms with E-state index < -0.39 is 10.0 Å². The Morgan fingerprint density at radius 1 is 1.26 bits per heavy atom. The van der Waals surface area contributed by atoms with Gasteiger partial charge in [0.1, 0.15) is 0 Å². The van der Waals surface area contributed by atoms with E-state index in [4.69, 9.17) is 4.74 Å². The van der Waals surface area contributed by atoms with Crippen LogP contribution in [0.1, 0.15) is 13.3 Å². The van der Waals surface area contributed by atoms with Gasteiger partial charge >= 0.3 is 6.01 Å². The van der Waals surface area contributed by atoms with Crippen molar-refractivity contribution in [2.24, 2.45) is 0 Å². The second kappa shape index (κ2) is 5.40. The summed E-state index contributed by atoms with van der Waals surface area (Å²) >= 11 is 0. The zero-order valence-electron chi connectivity index (χ0n) is 10.8. The van der Waals surface area contributed by atoms with Crippen LogP contribution in [0.25, 0.3) is 10.9 Å². The van der Waals surface area contributed by atoms with Crippen LogP contribution in [0, 0.1) is 0 Å². The minimum atomic E-state index is -3.40. The topological polar surface area (TPSA) is 81.2 Å². The van der Waals surface area contributed by atoms with Gasteiger partial charge in [0.15, 0.2) is 5.82 Å². The highest BCUT2D eigenvalue weighted by molar-refractivity contribution is 7.92. The lowest BCUT2D eigenvalue weighted by Gasteiger charge is -2.09. The van der Waals surface area contributed by atoms with Crippen molar-refractivity contribution in [1.82, 2.24) is 9.97 Å². The second-order valence-electron chi connectivity index (χ2n) is 4.09. The van der Waals surface area contributed by atoms with Crippen molar-refractivity contribution in [3.05, 3.63) is 24.3 Å². The normalized spacial score (nSPS) is 11.5. The third-order valence-electron chi connectivity index (χ3n) is 2.30. The van der Waals surface area contributed by atoms with Gasteiger partial charge in [-0.15, -0.1) is 0 Å². The van der Waals surface area contributed by atoms with Crippen molar-refractivity contribution < 1.29 is 13.2 Å². The molecule has 0 atom stereocenters. The number of aromatic nitrogens is 2. The number of hydrogen-bond acceptors (Lipinski definition) is 5. The molecule has 0 saturated heterocycles. The molecule has 19 heavy (non-hydrogen) atoms. The summed E-state index contributed by atoms with van der Waals surface area (Å²) in [6.07, 6.45) is 1.90. The Labute approximate surface area is 111 Å². The first kappa shape index (κ1) is 13.5. The van der Waals surface area contributed by atoms with Crippen LogP contribution in [-0.2, 0) is 10.0 Å². The summed E-state index contributed by atoms with van der Waals surface area (Å²) in [6.45, 7) is 2.45. The van der Waals surface area contributed by atoms with Gasteiger partial charge in [0.05, 0.1) is 18.4 Å². The molecule has 0 fully saturated rings. The molecule has 1 aromatic carbocycles. The number of anilines is 1. The average molecular weight is 281 g/mol. The van der Waals surface area contributed by atoms with Crippen LogP contribution >= 0.6 is 0 Å². The number of nitrogens with one attached hydrogen (secondary N) is 1. The van der Waals surface area contributed by atoms with Gasteiger partial charge in [0.2, 0.25) is 10.0 Å². The van der Waals surface area contributed by atoms with E-state index in [1.54, 1.807) is 18.2 Å². The first-order valence-electron chi connectivity index (χ1n) is 5.87. The Bertz CT molecular complexity index is 686. The minimum Gasteiger partial charge on any atom is -0.463 e. The molecule has 1 heterocycles. The van der Waals surface area contributed by atoms with Gasteiger partial charge in [-0.3, -0.25) is 4.72 Å². The number of hydrogen-bond donors (Lipinski definition) is 1. The molecule has 0 bridgehead atoms. The Morgan fingerprint density at radius 2 is 2.00 bits per heavy atom. The molecule has 2 aromatic rings. The minimum absolute atomic E-state index is 0.173. The van der Waals surface area contributed by atoms with Crippen molar-refractivity contribution in [1.29, 1.82) is 0 Å². The maximum atomic E-state index is 11.4. The summed E-state index contributed by atoms with van der Waals surface area (Å²) in [4.78, 5) is 8.34. The van der Waals surface area contributed by atoms with Crippen molar-refractivity contribution in [3.63, 3.8) is 0 Å². The van der Waals surface area contributed by atoms with Crippen LogP contribution in [0.3, 0.4) is 0 Å². The van der Waals surface area contributed by atoms with Crippen molar-refractivity contribution in [2.75, 3.05) is 17.6 Å². The van der Waals surface area contributed by atoms with Crippen LogP contribution in [0.15, 0.2) is 24.3 Å². The van der Waals surface area contributed by atoms with Crippen LogP contribution in [0.5, 0.6) is 6.01 Å². The smallest absolute Gasteiger partial charge is 0.318 e. The molecule has 2 rings (SSSR count). The number of benzene rings is 1. The molecule has 0 aliphatic heterocycles. The van der Waals surface area contributed by atoms with E-state index in [9.17, 15) is 8.42 Å². The lowest BCUT2D eigenvalue weighted by atomic mass is 10.2. The Morgan fingerprint density at radius 3 is 2.68 bits per heavy atom. The van der Waals surface area contributed by atoms with Gasteiger partial charge in [-0.05, 0) is 18.6 Å². The molecule has 0 spiro atoms. The molecular formula is C12H15N3O3S. The highest BCUT2D eigenvalue weighted by atomic mass is 32.2. The van der Waals surface area contributed by atoms with Gasteiger partial charge in [-0.2, -0.15) is 9.97 Å². The number of ether oxygens (including phenoxy) is 1. The van der Waals surface area contributed by atoms with E-state index in [0.29, 0.717) is 17.5 Å². The summed E-state index contributed by atoms with van der Waals surface area (Å²) in [5, 5.41) is 0.636. The molecule has 6 nitrogen and oxygen atoms in total. The molecule has 1 aromatic heterocycles. The molecular weight excluding hydrogens is 266 g/mol. The van der Waals surface area contributed by atoms with Gasteiger partial charge < -0.3 is 4.74 Å². The van der Waals surface area contributed by atoms with E-state index in [1.807, 2.05) is 13.0 Å². The highest BCUT2D eigenvalue weighted by Crippen LogP contribution is 2.23. The monoisotopic (exact) mass is 281 g/mol. The van der Waals surface area contributed by atoms with E-state index >= 15 is 0 Å². The number of rotatable bonds is 5. The van der Waals surface area contributed by atoms with Crippen LogP contribution in [0.2, 0.25) is 0 Å². The summed E-state index contributed by atoms with van der Waals surface area (Å²) in [7, 11) is -3.40. The van der Waals surface area contributed by atoms with Crippen molar-refractivity contribution >= 4 is 26.7 Å². The Balaban J connectivity index is 2.51. The fraction of sp³-hybridized carbons (Fsp3) is 0.333. The Hall–Kier alpha value is -1.89. The predicted molar refractivity (Wildman–Crippen MR) is 73.8 cm³/mol. The molecule has 0 amide bonds. The molecule has 1 N–H and O–H groups in total. The Kier molecular flexibility index (Phi) is 3.84. The molecule has 0 unspecified atom stereocenters. The van der Waals surface area contributed by atoms with Gasteiger partial charge in [-0.1, -0.05) is 19.1 Å². The van der Waals surface area contributed by atoms with E-state index in [0.717, 1.165) is 12.7 Å². The average Bonchev–Trinajstić information content (AvgIpc) is 2.34. The van der Waals surface area contributed by atoms with E-state index in [1.165, 1.54) is 0 Å². The number of nitrogens with zero attached hydrogens (tertiary/aromatic N) is 2. The van der Waals surface area contributed by atoms with Crippen molar-refractivity contribution in [3.8, 4) is 6.01 Å².